The van der Waals surface area contributed by atoms with E-state index >= 15 is 0 Å². The highest BCUT2D eigenvalue weighted by Crippen LogP contribution is 2.20. The smallest absolute Gasteiger partial charge is 0.337 e. The Kier molecular flexibility index (Phi) is 5.83. The van der Waals surface area contributed by atoms with E-state index in [1.165, 1.54) is 13.2 Å². The highest BCUT2D eigenvalue weighted by atomic mass is 16.5. The second-order valence-electron chi connectivity index (χ2n) is 4.85. The van der Waals surface area contributed by atoms with E-state index in [1.54, 1.807) is 12.1 Å². The van der Waals surface area contributed by atoms with E-state index in [4.69, 9.17) is 5.73 Å². The Bertz CT molecular complexity index is 487. The van der Waals surface area contributed by atoms with Crippen molar-refractivity contribution in [3.05, 3.63) is 23.8 Å². The maximum atomic E-state index is 11.6. The van der Waals surface area contributed by atoms with Crippen molar-refractivity contribution >= 4 is 23.3 Å². The molecule has 110 valence electrons. The van der Waals surface area contributed by atoms with E-state index in [0.717, 1.165) is 0 Å². The summed E-state index contributed by atoms with van der Waals surface area (Å²) in [6, 6.07) is 4.76. The predicted octanol–water partition coefficient (Wildman–Crippen LogP) is 1.24. The lowest BCUT2D eigenvalue weighted by Crippen LogP contribution is -2.32. The lowest BCUT2D eigenvalue weighted by molar-refractivity contribution is -0.119. The number of carbonyl (C=O) groups excluding carboxylic acids is 2. The Morgan fingerprint density at radius 3 is 2.60 bits per heavy atom. The molecule has 0 unspecified atom stereocenters. The molecule has 1 aromatic rings. The van der Waals surface area contributed by atoms with Crippen molar-refractivity contribution in [1.29, 1.82) is 0 Å². The number of carbonyl (C=O) groups is 2. The SMILES string of the molecule is COC(=O)c1ccc(NCC(=O)NCC(C)C)c(N)c1. The van der Waals surface area contributed by atoms with Gasteiger partial charge in [-0.15, -0.1) is 0 Å². The fourth-order valence-corrected chi connectivity index (χ4v) is 1.52. The summed E-state index contributed by atoms with van der Waals surface area (Å²) >= 11 is 0. The normalized spacial score (nSPS) is 10.2. The number of hydrogen-bond acceptors (Lipinski definition) is 5. The number of ether oxygens (including phenoxy) is 1. The largest absolute Gasteiger partial charge is 0.465 e. The number of hydrogen-bond donors (Lipinski definition) is 3. The summed E-state index contributed by atoms with van der Waals surface area (Å²) in [7, 11) is 1.31. The molecule has 0 atom stereocenters. The average molecular weight is 279 g/mol. The van der Waals surface area contributed by atoms with Gasteiger partial charge < -0.3 is 21.1 Å². The topological polar surface area (TPSA) is 93.4 Å². The number of nitrogen functional groups attached to an aromatic ring is 1. The van der Waals surface area contributed by atoms with Gasteiger partial charge >= 0.3 is 5.97 Å². The number of rotatable bonds is 6. The molecule has 0 aliphatic carbocycles. The Morgan fingerprint density at radius 1 is 1.35 bits per heavy atom. The summed E-state index contributed by atoms with van der Waals surface area (Å²) in [6.07, 6.45) is 0. The molecule has 0 aromatic heterocycles. The van der Waals surface area contributed by atoms with Gasteiger partial charge in [-0.2, -0.15) is 0 Å². The Hall–Kier alpha value is -2.24. The van der Waals surface area contributed by atoms with Crippen molar-refractivity contribution < 1.29 is 14.3 Å². The second-order valence-corrected chi connectivity index (χ2v) is 4.85. The molecule has 20 heavy (non-hydrogen) atoms. The third-order valence-corrected chi connectivity index (χ3v) is 2.62. The summed E-state index contributed by atoms with van der Waals surface area (Å²) in [4.78, 5) is 22.9. The van der Waals surface area contributed by atoms with Gasteiger partial charge in [0.2, 0.25) is 5.91 Å². The van der Waals surface area contributed by atoms with Gasteiger partial charge in [0.05, 0.1) is 30.6 Å². The molecule has 0 saturated heterocycles. The molecule has 0 saturated carbocycles. The quantitative estimate of drug-likeness (QED) is 0.538. The summed E-state index contributed by atoms with van der Waals surface area (Å²) < 4.78 is 4.60. The molecular weight excluding hydrogens is 258 g/mol. The van der Waals surface area contributed by atoms with Crippen LogP contribution in [-0.2, 0) is 9.53 Å². The van der Waals surface area contributed by atoms with Crippen LogP contribution < -0.4 is 16.4 Å². The first kappa shape index (κ1) is 15.8. The van der Waals surface area contributed by atoms with Crippen LogP contribution in [0.15, 0.2) is 18.2 Å². The molecule has 0 bridgehead atoms. The van der Waals surface area contributed by atoms with Gasteiger partial charge in [-0.1, -0.05) is 13.8 Å². The molecule has 0 heterocycles. The highest BCUT2D eigenvalue weighted by Gasteiger charge is 2.09. The first-order valence-electron chi connectivity index (χ1n) is 6.42. The van der Waals surface area contributed by atoms with E-state index in [2.05, 4.69) is 15.4 Å². The fourth-order valence-electron chi connectivity index (χ4n) is 1.52. The van der Waals surface area contributed by atoms with E-state index < -0.39 is 5.97 Å². The van der Waals surface area contributed by atoms with Gasteiger partial charge in [0.25, 0.3) is 0 Å². The van der Waals surface area contributed by atoms with Crippen molar-refractivity contribution in [2.75, 3.05) is 31.2 Å². The highest BCUT2D eigenvalue weighted by molar-refractivity contribution is 5.92. The monoisotopic (exact) mass is 279 g/mol. The minimum atomic E-state index is -0.446. The lowest BCUT2D eigenvalue weighted by atomic mass is 10.1. The molecule has 0 radical (unpaired) electrons. The molecule has 0 spiro atoms. The van der Waals surface area contributed by atoms with Gasteiger partial charge in [-0.05, 0) is 24.1 Å². The number of esters is 1. The Balaban J connectivity index is 2.56. The van der Waals surface area contributed by atoms with Crippen LogP contribution in [0.3, 0.4) is 0 Å². The molecule has 1 rings (SSSR count). The van der Waals surface area contributed by atoms with Crippen molar-refractivity contribution in [3.63, 3.8) is 0 Å². The summed E-state index contributed by atoms with van der Waals surface area (Å²) in [5.74, 6) is -0.142. The first-order valence-corrected chi connectivity index (χ1v) is 6.42. The van der Waals surface area contributed by atoms with E-state index in [0.29, 0.717) is 29.4 Å². The molecule has 0 fully saturated rings. The number of nitrogens with one attached hydrogen (secondary N) is 2. The maximum absolute atomic E-state index is 11.6. The van der Waals surface area contributed by atoms with Crippen molar-refractivity contribution in [2.24, 2.45) is 5.92 Å². The van der Waals surface area contributed by atoms with Gasteiger partial charge in [0.1, 0.15) is 0 Å². The predicted molar refractivity (Wildman–Crippen MR) is 78.5 cm³/mol. The number of amides is 1. The van der Waals surface area contributed by atoms with Crippen LogP contribution >= 0.6 is 0 Å². The van der Waals surface area contributed by atoms with Crippen LogP contribution in [0.2, 0.25) is 0 Å². The van der Waals surface area contributed by atoms with Crippen LogP contribution in [0.4, 0.5) is 11.4 Å². The molecule has 0 aliphatic rings. The standard InChI is InChI=1S/C14H21N3O3/c1-9(2)7-17-13(18)8-16-12-5-4-10(6-11(12)15)14(19)20-3/h4-6,9,16H,7-8,15H2,1-3H3,(H,17,18). The van der Waals surface area contributed by atoms with Crippen LogP contribution in [0, 0.1) is 5.92 Å². The van der Waals surface area contributed by atoms with Gasteiger partial charge in [0.15, 0.2) is 0 Å². The molecule has 0 aliphatic heterocycles. The minimum absolute atomic E-state index is 0.102. The zero-order chi connectivity index (χ0) is 15.1. The third-order valence-electron chi connectivity index (χ3n) is 2.62. The molecule has 6 nitrogen and oxygen atoms in total. The molecule has 6 heteroatoms. The number of anilines is 2. The van der Waals surface area contributed by atoms with Gasteiger partial charge in [-0.25, -0.2) is 4.79 Å². The fraction of sp³-hybridized carbons (Fsp3) is 0.429. The van der Waals surface area contributed by atoms with Gasteiger partial charge in [-0.3, -0.25) is 4.79 Å². The summed E-state index contributed by atoms with van der Waals surface area (Å²) in [6.45, 7) is 4.82. The number of benzene rings is 1. The lowest BCUT2D eigenvalue weighted by Gasteiger charge is -2.11. The molecule has 1 aromatic carbocycles. The van der Waals surface area contributed by atoms with Crippen molar-refractivity contribution in [1.82, 2.24) is 5.32 Å². The van der Waals surface area contributed by atoms with Crippen molar-refractivity contribution in [3.8, 4) is 0 Å². The second kappa shape index (κ2) is 7.37. The van der Waals surface area contributed by atoms with E-state index in [-0.39, 0.29) is 12.5 Å². The van der Waals surface area contributed by atoms with Gasteiger partial charge in [0, 0.05) is 6.54 Å². The zero-order valence-corrected chi connectivity index (χ0v) is 12.0. The number of nitrogens with two attached hydrogens (primary N) is 1. The average Bonchev–Trinajstić information content (AvgIpc) is 2.42. The summed E-state index contributed by atoms with van der Waals surface area (Å²) in [5, 5.41) is 5.73. The first-order chi connectivity index (χ1) is 9.43. The Morgan fingerprint density at radius 2 is 2.05 bits per heavy atom. The molecule has 4 N–H and O–H groups in total. The maximum Gasteiger partial charge on any atom is 0.337 e. The van der Waals surface area contributed by atoms with Crippen LogP contribution in [-0.4, -0.2) is 32.1 Å². The van der Waals surface area contributed by atoms with Crippen LogP contribution in [0.5, 0.6) is 0 Å². The summed E-state index contributed by atoms with van der Waals surface area (Å²) in [5.41, 5.74) is 7.20. The third kappa shape index (κ3) is 4.79. The van der Waals surface area contributed by atoms with Crippen LogP contribution in [0.25, 0.3) is 0 Å². The molecule has 1 amide bonds. The zero-order valence-electron chi connectivity index (χ0n) is 12.0. The van der Waals surface area contributed by atoms with Crippen LogP contribution in [0.1, 0.15) is 24.2 Å². The number of methoxy groups -OCH3 is 1. The van der Waals surface area contributed by atoms with Crippen molar-refractivity contribution in [2.45, 2.75) is 13.8 Å². The molecular formula is C14H21N3O3. The minimum Gasteiger partial charge on any atom is -0.465 e. The van der Waals surface area contributed by atoms with E-state index in [1.807, 2.05) is 13.8 Å². The van der Waals surface area contributed by atoms with E-state index in [9.17, 15) is 9.59 Å². The Labute approximate surface area is 118 Å².